The highest BCUT2D eigenvalue weighted by molar-refractivity contribution is 7.81. The van der Waals surface area contributed by atoms with E-state index in [0.29, 0.717) is 6.61 Å². The van der Waals surface area contributed by atoms with Gasteiger partial charge in [0.2, 0.25) is 0 Å². The summed E-state index contributed by atoms with van der Waals surface area (Å²) in [6, 6.07) is 0. The summed E-state index contributed by atoms with van der Waals surface area (Å²) < 4.78 is 5.20. The SMILES string of the molecule is CCC1OCC(S)C1O. The number of thiol groups is 1. The van der Waals surface area contributed by atoms with E-state index in [9.17, 15) is 5.11 Å². The lowest BCUT2D eigenvalue weighted by atomic mass is 10.1. The highest BCUT2D eigenvalue weighted by Crippen LogP contribution is 2.20. The van der Waals surface area contributed by atoms with E-state index in [1.807, 2.05) is 6.92 Å². The molecular weight excluding hydrogens is 136 g/mol. The van der Waals surface area contributed by atoms with Crippen molar-refractivity contribution in [2.24, 2.45) is 0 Å². The molecule has 1 N–H and O–H groups in total. The van der Waals surface area contributed by atoms with Crippen molar-refractivity contribution in [3.8, 4) is 0 Å². The van der Waals surface area contributed by atoms with E-state index in [0.717, 1.165) is 6.42 Å². The highest BCUT2D eigenvalue weighted by Gasteiger charge is 2.31. The van der Waals surface area contributed by atoms with Gasteiger partial charge >= 0.3 is 0 Å². The topological polar surface area (TPSA) is 29.5 Å². The van der Waals surface area contributed by atoms with Crippen LogP contribution in [-0.4, -0.2) is 29.2 Å². The molecule has 1 rings (SSSR count). The van der Waals surface area contributed by atoms with Crippen LogP contribution in [0.4, 0.5) is 0 Å². The minimum Gasteiger partial charge on any atom is -0.389 e. The van der Waals surface area contributed by atoms with Gasteiger partial charge in [0.05, 0.1) is 24.1 Å². The molecule has 0 bridgehead atoms. The third-order valence-corrected chi connectivity index (χ3v) is 2.11. The number of aliphatic hydroxyl groups is 1. The molecule has 0 saturated carbocycles. The lowest BCUT2D eigenvalue weighted by Gasteiger charge is -2.11. The van der Waals surface area contributed by atoms with Crippen LogP contribution < -0.4 is 0 Å². The first-order valence-corrected chi connectivity index (χ1v) is 3.75. The van der Waals surface area contributed by atoms with Crippen molar-refractivity contribution in [3.05, 3.63) is 0 Å². The van der Waals surface area contributed by atoms with Crippen LogP contribution in [0, 0.1) is 0 Å². The number of rotatable bonds is 1. The summed E-state index contributed by atoms with van der Waals surface area (Å²) in [4.78, 5) is 0. The molecule has 54 valence electrons. The van der Waals surface area contributed by atoms with Crippen LogP contribution in [0.25, 0.3) is 0 Å². The maximum absolute atomic E-state index is 9.26. The van der Waals surface area contributed by atoms with Gasteiger partial charge in [-0.05, 0) is 6.42 Å². The van der Waals surface area contributed by atoms with Crippen molar-refractivity contribution in [2.45, 2.75) is 30.8 Å². The monoisotopic (exact) mass is 148 g/mol. The third-order valence-electron chi connectivity index (χ3n) is 1.66. The lowest BCUT2D eigenvalue weighted by Crippen LogP contribution is -2.25. The van der Waals surface area contributed by atoms with Crippen LogP contribution in [0.1, 0.15) is 13.3 Å². The van der Waals surface area contributed by atoms with Gasteiger partial charge in [-0.2, -0.15) is 12.6 Å². The van der Waals surface area contributed by atoms with E-state index in [4.69, 9.17) is 4.74 Å². The fraction of sp³-hybridized carbons (Fsp3) is 1.00. The van der Waals surface area contributed by atoms with Crippen molar-refractivity contribution in [1.82, 2.24) is 0 Å². The van der Waals surface area contributed by atoms with Gasteiger partial charge in [-0.1, -0.05) is 6.92 Å². The van der Waals surface area contributed by atoms with E-state index in [1.165, 1.54) is 0 Å². The Bertz CT molecular complexity index is 97.1. The molecule has 0 radical (unpaired) electrons. The lowest BCUT2D eigenvalue weighted by molar-refractivity contribution is 0.0406. The Morgan fingerprint density at radius 3 is 2.67 bits per heavy atom. The predicted octanol–water partition coefficient (Wildman–Crippen LogP) is 0.454. The van der Waals surface area contributed by atoms with Crippen molar-refractivity contribution < 1.29 is 9.84 Å². The first-order valence-electron chi connectivity index (χ1n) is 3.23. The summed E-state index contributed by atoms with van der Waals surface area (Å²) >= 11 is 4.13. The zero-order chi connectivity index (χ0) is 6.85. The van der Waals surface area contributed by atoms with E-state index in [1.54, 1.807) is 0 Å². The Morgan fingerprint density at radius 2 is 2.44 bits per heavy atom. The Kier molecular flexibility index (Phi) is 2.38. The largest absolute Gasteiger partial charge is 0.389 e. The predicted molar refractivity (Wildman–Crippen MR) is 38.8 cm³/mol. The molecule has 1 fully saturated rings. The average Bonchev–Trinajstić information content (AvgIpc) is 2.15. The Labute approximate surface area is 60.6 Å². The molecule has 9 heavy (non-hydrogen) atoms. The van der Waals surface area contributed by atoms with Crippen LogP contribution in [0.3, 0.4) is 0 Å². The smallest absolute Gasteiger partial charge is 0.0939 e. The number of aliphatic hydroxyl groups excluding tert-OH is 1. The van der Waals surface area contributed by atoms with Gasteiger partial charge in [-0.25, -0.2) is 0 Å². The fourth-order valence-corrected chi connectivity index (χ4v) is 1.30. The molecule has 0 aromatic rings. The highest BCUT2D eigenvalue weighted by atomic mass is 32.1. The van der Waals surface area contributed by atoms with Crippen LogP contribution in [-0.2, 0) is 4.74 Å². The molecule has 1 heterocycles. The molecule has 0 amide bonds. The molecule has 0 aromatic carbocycles. The summed E-state index contributed by atoms with van der Waals surface area (Å²) in [5, 5.41) is 9.28. The molecule has 0 spiro atoms. The van der Waals surface area contributed by atoms with Crippen LogP contribution in [0.15, 0.2) is 0 Å². The van der Waals surface area contributed by atoms with E-state index in [2.05, 4.69) is 12.6 Å². The van der Waals surface area contributed by atoms with E-state index < -0.39 is 0 Å². The second-order valence-corrected chi connectivity index (χ2v) is 3.00. The maximum Gasteiger partial charge on any atom is 0.0939 e. The van der Waals surface area contributed by atoms with Gasteiger partial charge in [0.1, 0.15) is 0 Å². The van der Waals surface area contributed by atoms with Gasteiger partial charge in [0, 0.05) is 0 Å². The van der Waals surface area contributed by atoms with Gasteiger partial charge in [0.25, 0.3) is 0 Å². The number of ether oxygens (including phenoxy) is 1. The maximum atomic E-state index is 9.26. The van der Waals surface area contributed by atoms with Crippen molar-refractivity contribution in [3.63, 3.8) is 0 Å². The summed E-state index contributed by atoms with van der Waals surface area (Å²) in [6.07, 6.45) is 0.531. The second-order valence-electron chi connectivity index (χ2n) is 2.34. The van der Waals surface area contributed by atoms with Crippen LogP contribution >= 0.6 is 12.6 Å². The number of hydrogen-bond acceptors (Lipinski definition) is 3. The summed E-state index contributed by atoms with van der Waals surface area (Å²) in [5.74, 6) is 0. The quantitative estimate of drug-likeness (QED) is 0.529. The average molecular weight is 148 g/mol. The first-order chi connectivity index (χ1) is 4.25. The summed E-state index contributed by atoms with van der Waals surface area (Å²) in [5.41, 5.74) is 0. The standard InChI is InChI=1S/C6H12O2S/c1-2-4-6(7)5(9)3-8-4/h4-7,9H,2-3H2,1H3. The molecule has 1 saturated heterocycles. The Hall–Kier alpha value is 0.270. The minimum absolute atomic E-state index is 0.0208. The molecule has 0 aliphatic carbocycles. The van der Waals surface area contributed by atoms with E-state index >= 15 is 0 Å². The number of hydrogen-bond donors (Lipinski definition) is 2. The van der Waals surface area contributed by atoms with Crippen molar-refractivity contribution in [1.29, 1.82) is 0 Å². The molecule has 1 aliphatic heterocycles. The van der Waals surface area contributed by atoms with Gasteiger partial charge in [0.15, 0.2) is 0 Å². The second kappa shape index (κ2) is 2.90. The van der Waals surface area contributed by atoms with Crippen LogP contribution in [0.5, 0.6) is 0 Å². The summed E-state index contributed by atoms with van der Waals surface area (Å²) in [6.45, 7) is 2.59. The van der Waals surface area contributed by atoms with E-state index in [-0.39, 0.29) is 17.5 Å². The third kappa shape index (κ3) is 1.39. The molecule has 2 nitrogen and oxygen atoms in total. The summed E-state index contributed by atoms with van der Waals surface area (Å²) in [7, 11) is 0. The van der Waals surface area contributed by atoms with Crippen molar-refractivity contribution >= 4 is 12.6 Å². The Morgan fingerprint density at radius 1 is 1.78 bits per heavy atom. The molecule has 3 heteroatoms. The van der Waals surface area contributed by atoms with Gasteiger partial charge in [-0.3, -0.25) is 0 Å². The van der Waals surface area contributed by atoms with Gasteiger partial charge in [-0.15, -0.1) is 0 Å². The zero-order valence-corrected chi connectivity index (χ0v) is 6.34. The first kappa shape index (κ1) is 7.38. The Balaban J connectivity index is 2.41. The molecule has 1 aliphatic rings. The molecule has 3 unspecified atom stereocenters. The van der Waals surface area contributed by atoms with Crippen molar-refractivity contribution in [2.75, 3.05) is 6.61 Å². The molecular formula is C6H12O2S. The molecule has 0 aromatic heterocycles. The molecule has 3 atom stereocenters. The zero-order valence-electron chi connectivity index (χ0n) is 5.45. The minimum atomic E-state index is -0.363. The van der Waals surface area contributed by atoms with Gasteiger partial charge < -0.3 is 9.84 Å². The normalized spacial score (nSPS) is 43.7. The fourth-order valence-electron chi connectivity index (χ4n) is 1.03. The van der Waals surface area contributed by atoms with Crippen LogP contribution in [0.2, 0.25) is 0 Å².